The van der Waals surface area contributed by atoms with E-state index in [2.05, 4.69) is 15.0 Å². The lowest BCUT2D eigenvalue weighted by Crippen LogP contribution is -2.29. The zero-order chi connectivity index (χ0) is 13.4. The van der Waals surface area contributed by atoms with Gasteiger partial charge in [0, 0.05) is 5.92 Å². The van der Waals surface area contributed by atoms with Crippen LogP contribution in [0.15, 0.2) is 24.8 Å². The van der Waals surface area contributed by atoms with Gasteiger partial charge < -0.3 is 20.5 Å². The number of imidazole rings is 1. The van der Waals surface area contributed by atoms with Crippen LogP contribution in [0.2, 0.25) is 0 Å². The largest absolute Gasteiger partial charge is 0.396 e. The summed E-state index contributed by atoms with van der Waals surface area (Å²) in [4.78, 5) is 12.3. The number of hydrogen-bond acceptors (Lipinski definition) is 6. The summed E-state index contributed by atoms with van der Waals surface area (Å²) in [6.45, 7) is -0.0514. The third-order valence-corrected chi connectivity index (χ3v) is 3.51. The Labute approximate surface area is 109 Å². The van der Waals surface area contributed by atoms with Gasteiger partial charge in [0.25, 0.3) is 0 Å². The van der Waals surface area contributed by atoms with Crippen LogP contribution in [0.25, 0.3) is 11.2 Å². The summed E-state index contributed by atoms with van der Waals surface area (Å²) in [6.07, 6.45) is 6.77. The molecule has 0 saturated carbocycles. The third-order valence-electron chi connectivity index (χ3n) is 3.51. The summed E-state index contributed by atoms with van der Waals surface area (Å²) in [6, 6.07) is -0.0444. The number of aromatic nitrogens is 4. The molecule has 0 spiro atoms. The van der Waals surface area contributed by atoms with Crippen LogP contribution in [0.5, 0.6) is 0 Å². The lowest BCUT2D eigenvalue weighted by atomic mass is 9.90. The molecular weight excluding hydrogens is 246 g/mol. The molecule has 1 aliphatic carbocycles. The second kappa shape index (κ2) is 4.60. The van der Waals surface area contributed by atoms with Crippen molar-refractivity contribution >= 4 is 17.0 Å². The Morgan fingerprint density at radius 3 is 2.89 bits per heavy atom. The lowest BCUT2D eigenvalue weighted by Gasteiger charge is -2.27. The number of nitrogens with two attached hydrogens (primary N) is 1. The van der Waals surface area contributed by atoms with Crippen molar-refractivity contribution in [1.29, 1.82) is 0 Å². The number of rotatable bonds is 2. The van der Waals surface area contributed by atoms with E-state index >= 15 is 0 Å². The summed E-state index contributed by atoms with van der Waals surface area (Å²) in [5, 5.41) is 19.1. The van der Waals surface area contributed by atoms with Crippen LogP contribution in [0.3, 0.4) is 0 Å². The maximum absolute atomic E-state index is 9.96. The van der Waals surface area contributed by atoms with Gasteiger partial charge in [-0.3, -0.25) is 0 Å². The zero-order valence-corrected chi connectivity index (χ0v) is 10.2. The van der Waals surface area contributed by atoms with E-state index < -0.39 is 6.10 Å². The molecule has 100 valence electrons. The minimum Gasteiger partial charge on any atom is -0.396 e. The van der Waals surface area contributed by atoms with E-state index in [4.69, 9.17) is 10.8 Å². The monoisotopic (exact) mass is 261 g/mol. The molecule has 1 unspecified atom stereocenters. The number of fused-ring (bicyclic) bond motifs is 1. The molecule has 4 N–H and O–H groups in total. The van der Waals surface area contributed by atoms with Crippen molar-refractivity contribution in [2.45, 2.75) is 18.6 Å². The molecule has 2 aromatic rings. The quantitative estimate of drug-likeness (QED) is 0.650. The Morgan fingerprint density at radius 1 is 1.32 bits per heavy atom. The Kier molecular flexibility index (Phi) is 2.92. The Hall–Kier alpha value is -1.99. The molecule has 2 aromatic heterocycles. The summed E-state index contributed by atoms with van der Waals surface area (Å²) in [5.41, 5.74) is 6.96. The zero-order valence-electron chi connectivity index (χ0n) is 10.2. The molecule has 7 nitrogen and oxygen atoms in total. The summed E-state index contributed by atoms with van der Waals surface area (Å²) >= 11 is 0. The van der Waals surface area contributed by atoms with Gasteiger partial charge in [0.05, 0.1) is 25.1 Å². The second-order valence-electron chi connectivity index (χ2n) is 4.68. The molecule has 0 aliphatic heterocycles. The molecule has 0 radical (unpaired) electrons. The van der Waals surface area contributed by atoms with Gasteiger partial charge in [-0.1, -0.05) is 12.2 Å². The second-order valence-corrected chi connectivity index (χ2v) is 4.68. The number of nitrogen functional groups attached to an aromatic ring is 1. The molecule has 7 heteroatoms. The van der Waals surface area contributed by atoms with Crippen LogP contribution in [0.4, 0.5) is 5.82 Å². The van der Waals surface area contributed by atoms with Gasteiger partial charge in [-0.15, -0.1) is 0 Å². The first-order valence-corrected chi connectivity index (χ1v) is 6.11. The van der Waals surface area contributed by atoms with Crippen molar-refractivity contribution in [1.82, 2.24) is 19.5 Å². The van der Waals surface area contributed by atoms with E-state index in [0.717, 1.165) is 0 Å². The van der Waals surface area contributed by atoms with Crippen molar-refractivity contribution in [3.8, 4) is 0 Å². The number of nitrogens with zero attached hydrogens (tertiary/aromatic N) is 4. The van der Waals surface area contributed by atoms with E-state index in [-0.39, 0.29) is 18.6 Å². The Balaban J connectivity index is 2.00. The highest BCUT2D eigenvalue weighted by Crippen LogP contribution is 2.29. The maximum Gasteiger partial charge on any atom is 0.165 e. The minimum atomic E-state index is -0.573. The number of aliphatic hydroxyl groups excluding tert-OH is 2. The predicted molar refractivity (Wildman–Crippen MR) is 69.1 cm³/mol. The van der Waals surface area contributed by atoms with Gasteiger partial charge in [0.1, 0.15) is 11.8 Å². The average Bonchev–Trinajstić information content (AvgIpc) is 2.84. The molecule has 0 aromatic carbocycles. The minimum absolute atomic E-state index is 0.0444. The fraction of sp³-hybridized carbons (Fsp3) is 0.417. The number of anilines is 1. The van der Waals surface area contributed by atoms with Gasteiger partial charge in [-0.2, -0.15) is 0 Å². The van der Waals surface area contributed by atoms with Crippen LogP contribution in [0.1, 0.15) is 12.5 Å². The van der Waals surface area contributed by atoms with Crippen molar-refractivity contribution in [2.24, 2.45) is 5.92 Å². The van der Waals surface area contributed by atoms with E-state index in [1.165, 1.54) is 6.33 Å². The van der Waals surface area contributed by atoms with E-state index in [1.807, 2.05) is 16.7 Å². The van der Waals surface area contributed by atoms with Crippen LogP contribution in [0, 0.1) is 5.92 Å². The van der Waals surface area contributed by atoms with Crippen molar-refractivity contribution < 1.29 is 10.2 Å². The summed E-state index contributed by atoms with van der Waals surface area (Å²) in [5.74, 6) is 0.142. The van der Waals surface area contributed by atoms with Crippen LogP contribution in [-0.4, -0.2) is 42.4 Å². The normalized spacial score (nSPS) is 26.9. The van der Waals surface area contributed by atoms with Crippen LogP contribution >= 0.6 is 0 Å². The molecule has 0 fully saturated rings. The van der Waals surface area contributed by atoms with Gasteiger partial charge in [-0.05, 0) is 6.42 Å². The molecule has 0 bridgehead atoms. The number of aliphatic hydroxyl groups is 2. The molecule has 19 heavy (non-hydrogen) atoms. The first-order chi connectivity index (χ1) is 9.20. The van der Waals surface area contributed by atoms with Crippen LogP contribution in [-0.2, 0) is 0 Å². The van der Waals surface area contributed by atoms with Gasteiger partial charge in [0.2, 0.25) is 0 Å². The molecule has 3 rings (SSSR count). The molecule has 3 atom stereocenters. The number of allylic oxidation sites excluding steroid dienone is 1. The fourth-order valence-corrected chi connectivity index (χ4v) is 2.40. The first kappa shape index (κ1) is 12.1. The topological polar surface area (TPSA) is 110 Å². The lowest BCUT2D eigenvalue weighted by molar-refractivity contribution is 0.0702. The highest BCUT2D eigenvalue weighted by molar-refractivity contribution is 5.81. The van der Waals surface area contributed by atoms with E-state index in [0.29, 0.717) is 23.4 Å². The summed E-state index contributed by atoms with van der Waals surface area (Å²) < 4.78 is 1.86. The summed E-state index contributed by atoms with van der Waals surface area (Å²) in [7, 11) is 0. The van der Waals surface area contributed by atoms with E-state index in [9.17, 15) is 5.11 Å². The van der Waals surface area contributed by atoms with Gasteiger partial charge >= 0.3 is 0 Å². The standard InChI is InChI=1S/C12H15N5O2/c13-11-10-12(15-5-14-11)17(6-16-10)8-2-1-7(4-18)9(19)3-8/h1-2,5-9,18-19H,3-4H2,(H2,13,14,15)/t7-,8-,9?/m1/s1. The van der Waals surface area contributed by atoms with Crippen molar-refractivity contribution in [3.05, 3.63) is 24.8 Å². The van der Waals surface area contributed by atoms with E-state index in [1.54, 1.807) is 6.33 Å². The fourth-order valence-electron chi connectivity index (χ4n) is 2.40. The third kappa shape index (κ3) is 1.96. The Bertz CT molecular complexity index is 624. The van der Waals surface area contributed by atoms with Crippen molar-refractivity contribution in [3.63, 3.8) is 0 Å². The first-order valence-electron chi connectivity index (χ1n) is 6.11. The SMILES string of the molecule is Nc1ncnc2c1ncn2[C@@H]1C=C[C@H](CO)C(O)C1. The smallest absolute Gasteiger partial charge is 0.165 e. The van der Waals surface area contributed by atoms with Gasteiger partial charge in [0.15, 0.2) is 11.5 Å². The highest BCUT2D eigenvalue weighted by atomic mass is 16.3. The molecular formula is C12H15N5O2. The Morgan fingerprint density at radius 2 is 2.16 bits per heavy atom. The maximum atomic E-state index is 9.96. The average molecular weight is 261 g/mol. The predicted octanol–water partition coefficient (Wildman–Crippen LogP) is -0.121. The number of hydrogen-bond donors (Lipinski definition) is 3. The highest BCUT2D eigenvalue weighted by Gasteiger charge is 2.26. The van der Waals surface area contributed by atoms with Gasteiger partial charge in [-0.25, -0.2) is 15.0 Å². The van der Waals surface area contributed by atoms with Crippen molar-refractivity contribution in [2.75, 3.05) is 12.3 Å². The molecule has 2 heterocycles. The molecule has 1 aliphatic rings. The van der Waals surface area contributed by atoms with Crippen LogP contribution < -0.4 is 5.73 Å². The molecule has 0 saturated heterocycles. The molecule has 0 amide bonds.